The zero-order valence-corrected chi connectivity index (χ0v) is 41.1. The predicted molar refractivity (Wildman–Crippen MR) is 264 cm³/mol. The zero-order chi connectivity index (χ0) is 44.5. The van der Waals surface area contributed by atoms with E-state index in [0.29, 0.717) is 19.3 Å². The molecule has 6 heteroatoms. The number of esters is 1. The number of allylic oxidation sites excluding steroid dienone is 4. The second-order valence-corrected chi connectivity index (χ2v) is 18.6. The molecule has 0 radical (unpaired) electrons. The van der Waals surface area contributed by atoms with E-state index in [1.165, 1.54) is 186 Å². The number of amides is 1. The quantitative estimate of drug-likeness (QED) is 0.0322. The third kappa shape index (κ3) is 44.7. The molecule has 0 aliphatic carbocycles. The van der Waals surface area contributed by atoms with Gasteiger partial charge in [-0.25, -0.2) is 0 Å². The molecule has 0 saturated heterocycles. The van der Waals surface area contributed by atoms with Crippen LogP contribution in [0.5, 0.6) is 0 Å². The van der Waals surface area contributed by atoms with Crippen molar-refractivity contribution in [3.8, 4) is 0 Å². The molecule has 0 aromatic heterocycles. The first kappa shape index (κ1) is 59.3. The van der Waals surface area contributed by atoms with Crippen LogP contribution in [0.25, 0.3) is 0 Å². The maximum absolute atomic E-state index is 13.2. The van der Waals surface area contributed by atoms with E-state index in [-0.39, 0.29) is 24.9 Å². The van der Waals surface area contributed by atoms with Gasteiger partial charge < -0.3 is 20.3 Å². The Bertz CT molecular complexity index is 966. The second kappa shape index (κ2) is 49.4. The van der Waals surface area contributed by atoms with Crippen LogP contribution in [0.15, 0.2) is 24.3 Å². The maximum Gasteiger partial charge on any atom is 0.306 e. The van der Waals surface area contributed by atoms with Gasteiger partial charge in [0.15, 0.2) is 0 Å². The first-order valence-electron chi connectivity index (χ1n) is 27.1. The number of carbonyl (C=O) groups excluding carboxylic acids is 2. The van der Waals surface area contributed by atoms with Crippen LogP contribution in [-0.2, 0) is 14.3 Å². The molecule has 0 bridgehead atoms. The zero-order valence-electron chi connectivity index (χ0n) is 41.1. The van der Waals surface area contributed by atoms with E-state index < -0.39 is 18.2 Å². The topological polar surface area (TPSA) is 95.9 Å². The normalized spacial score (nSPS) is 13.3. The van der Waals surface area contributed by atoms with Crippen LogP contribution in [0.3, 0.4) is 0 Å². The van der Waals surface area contributed by atoms with E-state index in [1.807, 2.05) is 0 Å². The molecule has 0 fully saturated rings. The summed E-state index contributed by atoms with van der Waals surface area (Å²) in [4.78, 5) is 26.2. The van der Waals surface area contributed by atoms with Crippen molar-refractivity contribution >= 4 is 11.9 Å². The number of rotatable bonds is 49. The number of aliphatic hydroxyl groups excluding tert-OH is 2. The fourth-order valence-corrected chi connectivity index (χ4v) is 8.36. The molecule has 0 rings (SSSR count). The van der Waals surface area contributed by atoms with Gasteiger partial charge in [-0.2, -0.15) is 0 Å². The summed E-state index contributed by atoms with van der Waals surface area (Å²) in [5.41, 5.74) is 0. The third-order valence-electron chi connectivity index (χ3n) is 12.5. The average Bonchev–Trinajstić information content (AvgIpc) is 3.25. The van der Waals surface area contributed by atoms with Crippen molar-refractivity contribution in [3.05, 3.63) is 24.3 Å². The minimum absolute atomic E-state index is 0.0743. The van der Waals surface area contributed by atoms with Crippen molar-refractivity contribution in [3.63, 3.8) is 0 Å². The lowest BCUT2D eigenvalue weighted by molar-refractivity contribution is -0.151. The lowest BCUT2D eigenvalue weighted by Gasteiger charge is -2.24. The Hall–Kier alpha value is -1.66. The van der Waals surface area contributed by atoms with Gasteiger partial charge in [-0.1, -0.05) is 225 Å². The van der Waals surface area contributed by atoms with E-state index in [9.17, 15) is 19.8 Å². The van der Waals surface area contributed by atoms with Gasteiger partial charge >= 0.3 is 5.97 Å². The van der Waals surface area contributed by atoms with Gasteiger partial charge in [-0.15, -0.1) is 0 Å². The summed E-state index contributed by atoms with van der Waals surface area (Å²) in [6.45, 7) is 6.48. The Balaban J connectivity index is 4.53. The van der Waals surface area contributed by atoms with Crippen molar-refractivity contribution in [2.24, 2.45) is 0 Å². The number of hydrogen-bond acceptors (Lipinski definition) is 5. The van der Waals surface area contributed by atoms with Gasteiger partial charge in [0.2, 0.25) is 5.91 Å². The maximum atomic E-state index is 13.2. The van der Waals surface area contributed by atoms with Crippen molar-refractivity contribution in [1.82, 2.24) is 5.32 Å². The molecule has 360 valence electrons. The number of hydrogen-bond donors (Lipinski definition) is 3. The highest BCUT2D eigenvalue weighted by molar-refractivity contribution is 5.77. The van der Waals surface area contributed by atoms with Crippen LogP contribution in [0.1, 0.15) is 290 Å². The summed E-state index contributed by atoms with van der Waals surface area (Å²) < 4.78 is 5.94. The summed E-state index contributed by atoms with van der Waals surface area (Å²) in [7, 11) is 0. The molecule has 1 amide bonds. The van der Waals surface area contributed by atoms with Crippen LogP contribution in [0.4, 0.5) is 0 Å². The van der Waals surface area contributed by atoms with E-state index in [0.717, 1.165) is 57.8 Å². The highest BCUT2D eigenvalue weighted by Gasteiger charge is 2.24. The second-order valence-electron chi connectivity index (χ2n) is 18.6. The number of carbonyl (C=O) groups is 2. The number of aliphatic hydroxyl groups is 2. The summed E-state index contributed by atoms with van der Waals surface area (Å²) in [5, 5.41) is 23.8. The molecule has 6 nitrogen and oxygen atoms in total. The lowest BCUT2D eigenvalue weighted by atomic mass is 10.0. The molecular weight excluding hydrogens is 755 g/mol. The Morgan fingerprint density at radius 1 is 0.459 bits per heavy atom. The molecule has 3 N–H and O–H groups in total. The molecule has 0 spiro atoms. The molecule has 0 heterocycles. The van der Waals surface area contributed by atoms with Gasteiger partial charge in [0, 0.05) is 6.42 Å². The monoisotopic (exact) mass is 860 g/mol. The van der Waals surface area contributed by atoms with Gasteiger partial charge in [-0.05, 0) is 77.0 Å². The van der Waals surface area contributed by atoms with Gasteiger partial charge in [0.05, 0.1) is 25.2 Å². The van der Waals surface area contributed by atoms with Crippen molar-refractivity contribution in [2.45, 2.75) is 309 Å². The molecule has 0 aromatic carbocycles. The van der Waals surface area contributed by atoms with Crippen LogP contribution in [-0.4, -0.2) is 46.9 Å². The first-order valence-corrected chi connectivity index (χ1v) is 27.1. The minimum atomic E-state index is -0.787. The van der Waals surface area contributed by atoms with Crippen molar-refractivity contribution in [1.29, 1.82) is 0 Å². The molecular formula is C55H105NO5. The van der Waals surface area contributed by atoms with Crippen LogP contribution in [0.2, 0.25) is 0 Å². The molecule has 61 heavy (non-hydrogen) atoms. The molecule has 0 aliphatic rings. The standard InChI is InChI=1S/C55H105NO5/c1-4-7-10-13-16-19-22-25-26-27-28-30-33-36-39-42-45-48-55(60)61-51(46-43-40-37-34-31-29-23-20-17-14-11-8-5-2)49-54(59)56-52(50-57)53(58)47-44-41-38-35-32-24-21-18-15-12-9-6-3/h20,23,25-26,51-53,57-58H,4-19,21-22,24,27-50H2,1-3H3,(H,56,59)/b23-20-,26-25+. The Morgan fingerprint density at radius 2 is 0.787 bits per heavy atom. The molecule has 0 aliphatic heterocycles. The molecule has 0 saturated carbocycles. The SMILES string of the molecule is CCCCCC/C=C\CCCCCCCC(CC(=O)NC(CO)C(O)CCCCCCCCCCCCCC)OC(=O)CCCCCCCCC/C=C/CCCCCCCC. The first-order chi connectivity index (χ1) is 30.0. The van der Waals surface area contributed by atoms with Crippen LogP contribution >= 0.6 is 0 Å². The third-order valence-corrected chi connectivity index (χ3v) is 12.5. The summed E-state index contributed by atoms with van der Waals surface area (Å²) in [6, 6.07) is -0.701. The summed E-state index contributed by atoms with van der Waals surface area (Å²) in [5.74, 6) is -0.474. The van der Waals surface area contributed by atoms with Gasteiger partial charge in [-0.3, -0.25) is 9.59 Å². The van der Waals surface area contributed by atoms with Crippen molar-refractivity contribution in [2.75, 3.05) is 6.61 Å². The lowest BCUT2D eigenvalue weighted by Crippen LogP contribution is -2.46. The highest BCUT2D eigenvalue weighted by atomic mass is 16.5. The molecule has 3 unspecified atom stereocenters. The van der Waals surface area contributed by atoms with E-state index in [1.54, 1.807) is 0 Å². The van der Waals surface area contributed by atoms with Gasteiger partial charge in [0.1, 0.15) is 6.10 Å². The summed E-state index contributed by atoms with van der Waals surface area (Å²) >= 11 is 0. The number of ether oxygens (including phenoxy) is 1. The smallest absolute Gasteiger partial charge is 0.306 e. The Morgan fingerprint density at radius 3 is 1.18 bits per heavy atom. The average molecular weight is 860 g/mol. The molecule has 0 aromatic rings. The number of nitrogens with one attached hydrogen (secondary N) is 1. The van der Waals surface area contributed by atoms with E-state index in [4.69, 9.17) is 4.74 Å². The number of unbranched alkanes of at least 4 members (excludes halogenated alkanes) is 33. The fraction of sp³-hybridized carbons (Fsp3) is 0.891. The Kier molecular flexibility index (Phi) is 48.0. The predicted octanol–water partition coefficient (Wildman–Crippen LogP) is 16.3. The molecule has 3 atom stereocenters. The largest absolute Gasteiger partial charge is 0.462 e. The van der Waals surface area contributed by atoms with Crippen molar-refractivity contribution < 1.29 is 24.5 Å². The van der Waals surface area contributed by atoms with Crippen LogP contribution < -0.4 is 5.32 Å². The van der Waals surface area contributed by atoms with E-state index in [2.05, 4.69) is 50.4 Å². The minimum Gasteiger partial charge on any atom is -0.462 e. The van der Waals surface area contributed by atoms with E-state index >= 15 is 0 Å². The highest BCUT2D eigenvalue weighted by Crippen LogP contribution is 2.18. The van der Waals surface area contributed by atoms with Crippen LogP contribution in [0, 0.1) is 0 Å². The Labute approximate surface area is 380 Å². The van der Waals surface area contributed by atoms with Gasteiger partial charge in [0.25, 0.3) is 0 Å². The fourth-order valence-electron chi connectivity index (χ4n) is 8.36. The summed E-state index contributed by atoms with van der Waals surface area (Å²) in [6.07, 6.45) is 56.6.